The predicted molar refractivity (Wildman–Crippen MR) is 52.4 cm³/mol. The van der Waals surface area contributed by atoms with E-state index in [0.29, 0.717) is 12.0 Å². The van der Waals surface area contributed by atoms with E-state index in [1.165, 1.54) is 12.2 Å². The molecular weight excluding hydrogens is 162 g/mol. The first-order valence-corrected chi connectivity index (χ1v) is 4.95. The molecular formula is C10H17N3. The minimum atomic E-state index is 0.302. The molecule has 2 atom stereocenters. The molecule has 2 heterocycles. The van der Waals surface area contributed by atoms with Gasteiger partial charge in [0.25, 0.3) is 0 Å². The largest absolute Gasteiger partial charge is 0.334 e. The molecule has 0 bridgehead atoms. The van der Waals surface area contributed by atoms with Crippen LogP contribution in [0.5, 0.6) is 0 Å². The van der Waals surface area contributed by atoms with Gasteiger partial charge in [-0.15, -0.1) is 0 Å². The Balaban J connectivity index is 2.19. The van der Waals surface area contributed by atoms with Gasteiger partial charge in [0.15, 0.2) is 0 Å². The number of nitrogens with zero attached hydrogens (tertiary/aromatic N) is 2. The van der Waals surface area contributed by atoms with E-state index in [1.807, 2.05) is 6.92 Å². The van der Waals surface area contributed by atoms with E-state index in [2.05, 4.69) is 22.7 Å². The molecule has 0 aromatic carbocycles. The normalized spacial score (nSPS) is 24.1. The molecule has 1 aromatic heterocycles. The summed E-state index contributed by atoms with van der Waals surface area (Å²) < 4.78 is 2.26. The smallest absolute Gasteiger partial charge is 0.108 e. The molecule has 1 aliphatic rings. The molecule has 0 aliphatic carbocycles. The molecule has 0 spiro atoms. The summed E-state index contributed by atoms with van der Waals surface area (Å²) in [6.45, 7) is 5.19. The lowest BCUT2D eigenvalue weighted by Crippen LogP contribution is -2.33. The van der Waals surface area contributed by atoms with Gasteiger partial charge in [-0.25, -0.2) is 4.98 Å². The Morgan fingerprint density at radius 2 is 2.46 bits per heavy atom. The average Bonchev–Trinajstić information content (AvgIpc) is 2.42. The first-order valence-electron chi connectivity index (χ1n) is 4.95. The summed E-state index contributed by atoms with van der Waals surface area (Å²) in [5, 5.41) is 0. The van der Waals surface area contributed by atoms with Crippen molar-refractivity contribution in [1.29, 1.82) is 0 Å². The van der Waals surface area contributed by atoms with Crippen molar-refractivity contribution in [3.63, 3.8) is 0 Å². The van der Waals surface area contributed by atoms with Crippen molar-refractivity contribution < 1.29 is 0 Å². The predicted octanol–water partition coefficient (Wildman–Crippen LogP) is 1.10. The summed E-state index contributed by atoms with van der Waals surface area (Å²) in [7, 11) is 0. The first-order chi connectivity index (χ1) is 6.16. The Morgan fingerprint density at radius 1 is 1.69 bits per heavy atom. The van der Waals surface area contributed by atoms with Crippen molar-refractivity contribution in [2.24, 2.45) is 11.7 Å². The van der Waals surface area contributed by atoms with Gasteiger partial charge in [0.05, 0.1) is 5.69 Å². The van der Waals surface area contributed by atoms with Gasteiger partial charge in [0.1, 0.15) is 5.82 Å². The van der Waals surface area contributed by atoms with E-state index in [4.69, 9.17) is 5.73 Å². The standard InChI is InChI=1S/C10H17N3/c1-7-5-13-6-9(8(2)11)3-4-10(13)12-7/h5,8-9H,3-4,6,11H2,1-2H3. The highest BCUT2D eigenvalue weighted by molar-refractivity contribution is 5.05. The molecule has 0 saturated carbocycles. The molecule has 1 aliphatic heterocycles. The fraction of sp³-hybridized carbons (Fsp3) is 0.700. The number of fused-ring (bicyclic) bond motifs is 1. The van der Waals surface area contributed by atoms with Gasteiger partial charge < -0.3 is 10.3 Å². The molecule has 2 unspecified atom stereocenters. The van der Waals surface area contributed by atoms with Crippen LogP contribution in [-0.4, -0.2) is 15.6 Å². The summed E-state index contributed by atoms with van der Waals surface area (Å²) in [5.41, 5.74) is 7.02. The van der Waals surface area contributed by atoms with Crippen LogP contribution >= 0.6 is 0 Å². The maximum absolute atomic E-state index is 5.90. The average molecular weight is 179 g/mol. The van der Waals surface area contributed by atoms with Crippen LogP contribution in [-0.2, 0) is 13.0 Å². The van der Waals surface area contributed by atoms with Crippen LogP contribution in [0.25, 0.3) is 0 Å². The minimum absolute atomic E-state index is 0.302. The zero-order valence-corrected chi connectivity index (χ0v) is 8.33. The Bertz CT molecular complexity index is 301. The zero-order chi connectivity index (χ0) is 9.42. The second-order valence-corrected chi connectivity index (χ2v) is 4.11. The quantitative estimate of drug-likeness (QED) is 0.701. The van der Waals surface area contributed by atoms with Crippen molar-refractivity contribution in [3.05, 3.63) is 17.7 Å². The van der Waals surface area contributed by atoms with E-state index in [0.717, 1.165) is 18.7 Å². The molecule has 0 radical (unpaired) electrons. The topological polar surface area (TPSA) is 43.8 Å². The molecule has 0 fully saturated rings. The van der Waals surface area contributed by atoms with Crippen molar-refractivity contribution >= 4 is 0 Å². The fourth-order valence-electron chi connectivity index (χ4n) is 2.04. The van der Waals surface area contributed by atoms with Gasteiger partial charge >= 0.3 is 0 Å². The molecule has 1 aromatic rings. The van der Waals surface area contributed by atoms with Crippen LogP contribution < -0.4 is 5.73 Å². The van der Waals surface area contributed by atoms with Crippen LogP contribution in [0.15, 0.2) is 6.20 Å². The molecule has 0 saturated heterocycles. The number of aromatic nitrogens is 2. The number of nitrogens with two attached hydrogens (primary N) is 1. The van der Waals surface area contributed by atoms with Crippen LogP contribution in [0.1, 0.15) is 24.9 Å². The summed E-state index contributed by atoms with van der Waals surface area (Å²) in [6.07, 6.45) is 4.40. The third-order valence-electron chi connectivity index (χ3n) is 2.89. The highest BCUT2D eigenvalue weighted by Gasteiger charge is 2.21. The SMILES string of the molecule is Cc1cn2c(n1)CCC(C(C)N)C2. The fourth-order valence-corrected chi connectivity index (χ4v) is 2.04. The third-order valence-corrected chi connectivity index (χ3v) is 2.89. The second kappa shape index (κ2) is 3.14. The van der Waals surface area contributed by atoms with Crippen LogP contribution in [0, 0.1) is 12.8 Å². The maximum Gasteiger partial charge on any atom is 0.108 e. The summed E-state index contributed by atoms with van der Waals surface area (Å²) >= 11 is 0. The van der Waals surface area contributed by atoms with Crippen molar-refractivity contribution in [2.45, 2.75) is 39.3 Å². The lowest BCUT2D eigenvalue weighted by Gasteiger charge is -2.26. The van der Waals surface area contributed by atoms with Gasteiger partial charge in [-0.05, 0) is 26.2 Å². The highest BCUT2D eigenvalue weighted by atomic mass is 15.1. The van der Waals surface area contributed by atoms with Crippen molar-refractivity contribution in [1.82, 2.24) is 9.55 Å². The lowest BCUT2D eigenvalue weighted by molar-refractivity contribution is 0.321. The molecule has 72 valence electrons. The molecule has 2 N–H and O–H groups in total. The van der Waals surface area contributed by atoms with Crippen LogP contribution in [0.4, 0.5) is 0 Å². The van der Waals surface area contributed by atoms with Crippen LogP contribution in [0.3, 0.4) is 0 Å². The number of hydrogen-bond acceptors (Lipinski definition) is 2. The lowest BCUT2D eigenvalue weighted by atomic mass is 9.93. The van der Waals surface area contributed by atoms with Crippen molar-refractivity contribution in [3.8, 4) is 0 Å². The minimum Gasteiger partial charge on any atom is -0.334 e. The van der Waals surface area contributed by atoms with Gasteiger partial charge in [0, 0.05) is 25.2 Å². The molecule has 3 heteroatoms. The van der Waals surface area contributed by atoms with Gasteiger partial charge in [0.2, 0.25) is 0 Å². The Labute approximate surface area is 79.0 Å². The monoisotopic (exact) mass is 179 g/mol. The van der Waals surface area contributed by atoms with Crippen LogP contribution in [0.2, 0.25) is 0 Å². The first kappa shape index (κ1) is 8.75. The Hall–Kier alpha value is -0.830. The number of imidazole rings is 1. The highest BCUT2D eigenvalue weighted by Crippen LogP contribution is 2.21. The molecule has 13 heavy (non-hydrogen) atoms. The van der Waals surface area contributed by atoms with E-state index >= 15 is 0 Å². The Kier molecular flexibility index (Phi) is 2.12. The molecule has 0 amide bonds. The third kappa shape index (κ3) is 1.61. The summed E-state index contributed by atoms with van der Waals surface area (Å²) in [4.78, 5) is 4.47. The van der Waals surface area contributed by atoms with E-state index in [1.54, 1.807) is 0 Å². The maximum atomic E-state index is 5.90. The second-order valence-electron chi connectivity index (χ2n) is 4.11. The zero-order valence-electron chi connectivity index (χ0n) is 8.33. The Morgan fingerprint density at radius 3 is 3.15 bits per heavy atom. The molecule has 2 rings (SSSR count). The van der Waals surface area contributed by atoms with Gasteiger partial charge in [-0.3, -0.25) is 0 Å². The summed E-state index contributed by atoms with van der Waals surface area (Å²) in [6, 6.07) is 0.302. The van der Waals surface area contributed by atoms with Gasteiger partial charge in [-0.2, -0.15) is 0 Å². The van der Waals surface area contributed by atoms with Gasteiger partial charge in [-0.1, -0.05) is 0 Å². The summed E-state index contributed by atoms with van der Waals surface area (Å²) in [5.74, 6) is 1.86. The van der Waals surface area contributed by atoms with E-state index < -0.39 is 0 Å². The van der Waals surface area contributed by atoms with Crippen molar-refractivity contribution in [2.75, 3.05) is 0 Å². The number of hydrogen-bond donors (Lipinski definition) is 1. The number of rotatable bonds is 1. The molecule has 3 nitrogen and oxygen atoms in total. The van der Waals surface area contributed by atoms with E-state index in [9.17, 15) is 0 Å². The number of aryl methyl sites for hydroxylation is 2. The van der Waals surface area contributed by atoms with E-state index in [-0.39, 0.29) is 0 Å².